The van der Waals surface area contributed by atoms with Gasteiger partial charge in [-0.05, 0) is 25.5 Å². The first-order chi connectivity index (χ1) is 9.17. The summed E-state index contributed by atoms with van der Waals surface area (Å²) in [5.41, 5.74) is 5.68. The normalized spacial score (nSPS) is 10.4. The molecule has 0 radical (unpaired) electrons. The lowest BCUT2D eigenvalue weighted by atomic mass is 10.4. The van der Waals surface area contributed by atoms with Crippen molar-refractivity contribution >= 4 is 17.6 Å². The molecule has 0 aliphatic rings. The van der Waals surface area contributed by atoms with E-state index in [0.717, 1.165) is 30.3 Å². The summed E-state index contributed by atoms with van der Waals surface area (Å²) in [6.07, 6.45) is 1.03. The zero-order valence-corrected chi connectivity index (χ0v) is 11.2. The first kappa shape index (κ1) is 13.2. The molecule has 2 heterocycles. The van der Waals surface area contributed by atoms with E-state index in [9.17, 15) is 0 Å². The molecule has 0 saturated carbocycles. The molecule has 6 heteroatoms. The van der Waals surface area contributed by atoms with Gasteiger partial charge in [-0.15, -0.1) is 0 Å². The summed E-state index contributed by atoms with van der Waals surface area (Å²) in [6, 6.07) is 5.70. The fraction of sp³-hybridized carbons (Fsp3) is 0.385. The van der Waals surface area contributed by atoms with Crippen LogP contribution < -0.4 is 16.4 Å². The highest BCUT2D eigenvalue weighted by atomic mass is 16.3. The van der Waals surface area contributed by atoms with E-state index in [-0.39, 0.29) is 5.95 Å². The Bertz CT molecular complexity index is 538. The molecule has 0 atom stereocenters. The Morgan fingerprint density at radius 2 is 1.95 bits per heavy atom. The van der Waals surface area contributed by atoms with Gasteiger partial charge >= 0.3 is 0 Å². The van der Waals surface area contributed by atoms with Gasteiger partial charge in [-0.1, -0.05) is 6.92 Å². The van der Waals surface area contributed by atoms with E-state index in [4.69, 9.17) is 10.2 Å². The molecule has 0 fully saturated rings. The second-order valence-electron chi connectivity index (χ2n) is 4.29. The third-order valence-corrected chi connectivity index (χ3v) is 2.54. The monoisotopic (exact) mass is 261 g/mol. The lowest BCUT2D eigenvalue weighted by Gasteiger charge is -2.08. The van der Waals surface area contributed by atoms with Crippen LogP contribution >= 0.6 is 0 Å². The molecule has 0 unspecified atom stereocenters. The number of aromatic nitrogens is 2. The maximum absolute atomic E-state index is 5.68. The van der Waals surface area contributed by atoms with Gasteiger partial charge in [0.15, 0.2) is 0 Å². The number of nitrogens with one attached hydrogen (secondary N) is 2. The maximum atomic E-state index is 5.68. The van der Waals surface area contributed by atoms with Gasteiger partial charge in [0.1, 0.15) is 23.2 Å². The first-order valence-corrected chi connectivity index (χ1v) is 6.35. The number of nitrogens with two attached hydrogens (primary N) is 1. The quantitative estimate of drug-likeness (QED) is 0.740. The minimum absolute atomic E-state index is 0.249. The average molecular weight is 261 g/mol. The van der Waals surface area contributed by atoms with Crippen LogP contribution in [0.25, 0.3) is 0 Å². The summed E-state index contributed by atoms with van der Waals surface area (Å²) in [7, 11) is 0. The summed E-state index contributed by atoms with van der Waals surface area (Å²) in [6.45, 7) is 5.43. The third kappa shape index (κ3) is 3.87. The number of hydrogen-bond donors (Lipinski definition) is 3. The van der Waals surface area contributed by atoms with Crippen molar-refractivity contribution in [2.24, 2.45) is 0 Å². The number of rotatable bonds is 6. The van der Waals surface area contributed by atoms with Gasteiger partial charge in [0.05, 0.1) is 6.54 Å². The van der Waals surface area contributed by atoms with Gasteiger partial charge < -0.3 is 20.8 Å². The van der Waals surface area contributed by atoms with Crippen molar-refractivity contribution in [1.29, 1.82) is 0 Å². The van der Waals surface area contributed by atoms with Crippen molar-refractivity contribution in [3.8, 4) is 0 Å². The Balaban J connectivity index is 2.01. The summed E-state index contributed by atoms with van der Waals surface area (Å²) in [5, 5.41) is 6.35. The van der Waals surface area contributed by atoms with Crippen LogP contribution in [0.5, 0.6) is 0 Å². The van der Waals surface area contributed by atoms with Crippen molar-refractivity contribution < 1.29 is 4.42 Å². The zero-order chi connectivity index (χ0) is 13.7. The Morgan fingerprint density at radius 3 is 2.58 bits per heavy atom. The van der Waals surface area contributed by atoms with Gasteiger partial charge in [0.2, 0.25) is 5.95 Å². The molecule has 0 amide bonds. The predicted octanol–water partition coefficient (Wildman–Crippen LogP) is 2.39. The fourth-order valence-corrected chi connectivity index (χ4v) is 1.66. The third-order valence-electron chi connectivity index (χ3n) is 2.54. The van der Waals surface area contributed by atoms with Crippen molar-refractivity contribution in [2.45, 2.75) is 26.8 Å². The highest BCUT2D eigenvalue weighted by Gasteiger charge is 2.03. The van der Waals surface area contributed by atoms with Gasteiger partial charge in [0, 0.05) is 12.6 Å². The van der Waals surface area contributed by atoms with Crippen LogP contribution in [0.1, 0.15) is 24.9 Å². The Hall–Kier alpha value is -2.24. The van der Waals surface area contributed by atoms with Crippen LogP contribution in [-0.2, 0) is 6.54 Å². The van der Waals surface area contributed by atoms with E-state index in [1.54, 1.807) is 0 Å². The molecule has 2 aromatic rings. The lowest BCUT2D eigenvalue weighted by molar-refractivity contribution is 0.490. The molecule has 102 valence electrons. The molecule has 0 saturated heterocycles. The van der Waals surface area contributed by atoms with Crippen LogP contribution in [0.2, 0.25) is 0 Å². The SMILES string of the molecule is CCCNc1cc(NCc2ccc(C)o2)nc(N)n1. The van der Waals surface area contributed by atoms with Crippen LogP contribution in [0, 0.1) is 6.92 Å². The van der Waals surface area contributed by atoms with Gasteiger partial charge in [0.25, 0.3) is 0 Å². The summed E-state index contributed by atoms with van der Waals surface area (Å²) in [5.74, 6) is 3.41. The van der Waals surface area contributed by atoms with Crippen LogP contribution in [0.3, 0.4) is 0 Å². The second kappa shape index (κ2) is 6.08. The summed E-state index contributed by atoms with van der Waals surface area (Å²) in [4.78, 5) is 8.26. The smallest absolute Gasteiger partial charge is 0.223 e. The number of furan rings is 1. The van der Waals surface area contributed by atoms with E-state index in [2.05, 4.69) is 27.5 Å². The van der Waals surface area contributed by atoms with Crippen LogP contribution in [-0.4, -0.2) is 16.5 Å². The molecule has 2 aromatic heterocycles. The number of anilines is 3. The molecule has 0 spiro atoms. The molecule has 0 aromatic carbocycles. The maximum Gasteiger partial charge on any atom is 0.223 e. The molecule has 0 bridgehead atoms. The van der Waals surface area contributed by atoms with E-state index in [1.165, 1.54) is 0 Å². The number of hydrogen-bond acceptors (Lipinski definition) is 6. The number of aryl methyl sites for hydroxylation is 1. The van der Waals surface area contributed by atoms with Gasteiger partial charge in [-0.3, -0.25) is 0 Å². The van der Waals surface area contributed by atoms with Crippen LogP contribution in [0.4, 0.5) is 17.6 Å². The van der Waals surface area contributed by atoms with E-state index < -0.39 is 0 Å². The molecular formula is C13H19N5O. The lowest BCUT2D eigenvalue weighted by Crippen LogP contribution is -2.08. The summed E-state index contributed by atoms with van der Waals surface area (Å²) >= 11 is 0. The number of nitrogens with zero attached hydrogens (tertiary/aromatic N) is 2. The Morgan fingerprint density at radius 1 is 1.21 bits per heavy atom. The predicted molar refractivity (Wildman–Crippen MR) is 76.0 cm³/mol. The molecule has 0 aliphatic carbocycles. The highest BCUT2D eigenvalue weighted by Crippen LogP contribution is 2.14. The van der Waals surface area contributed by atoms with Gasteiger partial charge in [-0.25, -0.2) is 0 Å². The van der Waals surface area contributed by atoms with E-state index in [1.807, 2.05) is 25.1 Å². The summed E-state index contributed by atoms with van der Waals surface area (Å²) < 4.78 is 5.48. The zero-order valence-electron chi connectivity index (χ0n) is 11.2. The minimum Gasteiger partial charge on any atom is -0.465 e. The van der Waals surface area contributed by atoms with Crippen LogP contribution in [0.15, 0.2) is 22.6 Å². The largest absolute Gasteiger partial charge is 0.465 e. The Kier molecular flexibility index (Phi) is 4.22. The fourth-order valence-electron chi connectivity index (χ4n) is 1.66. The molecule has 0 aliphatic heterocycles. The van der Waals surface area contributed by atoms with Crippen molar-refractivity contribution in [3.05, 3.63) is 29.7 Å². The van der Waals surface area contributed by atoms with Crippen molar-refractivity contribution in [1.82, 2.24) is 9.97 Å². The molecule has 4 N–H and O–H groups in total. The molecule has 2 rings (SSSR count). The second-order valence-corrected chi connectivity index (χ2v) is 4.29. The highest BCUT2D eigenvalue weighted by molar-refractivity contribution is 5.51. The number of nitrogen functional groups attached to an aromatic ring is 1. The topological polar surface area (TPSA) is 89.0 Å². The standard InChI is InChI=1S/C13H19N5O/c1-3-6-15-11-7-12(18-13(14)17-11)16-8-10-5-4-9(2)19-10/h4-5,7H,3,6,8H2,1-2H3,(H4,14,15,16,17,18). The van der Waals surface area contributed by atoms with Gasteiger partial charge in [-0.2, -0.15) is 9.97 Å². The molecular weight excluding hydrogens is 242 g/mol. The first-order valence-electron chi connectivity index (χ1n) is 6.35. The van der Waals surface area contributed by atoms with Crippen molar-refractivity contribution in [2.75, 3.05) is 22.9 Å². The Labute approximate surface area is 112 Å². The van der Waals surface area contributed by atoms with E-state index >= 15 is 0 Å². The van der Waals surface area contributed by atoms with Crippen molar-refractivity contribution in [3.63, 3.8) is 0 Å². The minimum atomic E-state index is 0.249. The molecule has 6 nitrogen and oxygen atoms in total. The molecule has 19 heavy (non-hydrogen) atoms. The average Bonchev–Trinajstić information content (AvgIpc) is 2.79. The van der Waals surface area contributed by atoms with E-state index in [0.29, 0.717) is 12.4 Å².